The van der Waals surface area contributed by atoms with E-state index in [1.54, 1.807) is 6.07 Å². The molecule has 1 rings (SSSR count). The Labute approximate surface area is 77.3 Å². The third-order valence-corrected chi connectivity index (χ3v) is 1.95. The lowest BCUT2D eigenvalue weighted by Crippen LogP contribution is -2.03. The fourth-order valence-corrected chi connectivity index (χ4v) is 1.05. The summed E-state index contributed by atoms with van der Waals surface area (Å²) in [6.07, 6.45) is 0. The quantitative estimate of drug-likeness (QED) is 0.672. The zero-order valence-corrected chi connectivity index (χ0v) is 8.06. The fourth-order valence-electron chi connectivity index (χ4n) is 1.05. The topological polar surface area (TPSA) is 18.5 Å². The summed E-state index contributed by atoms with van der Waals surface area (Å²) in [6, 6.07) is 3.12. The second kappa shape index (κ2) is 4.23. The lowest BCUT2D eigenvalue weighted by Gasteiger charge is -2.10. The summed E-state index contributed by atoms with van der Waals surface area (Å²) in [5, 5.41) is 0. The third-order valence-electron chi connectivity index (χ3n) is 1.95. The molecule has 0 saturated carbocycles. The van der Waals surface area contributed by atoms with Crippen molar-refractivity contribution in [2.24, 2.45) is 0 Å². The van der Waals surface area contributed by atoms with E-state index in [9.17, 15) is 4.39 Å². The van der Waals surface area contributed by atoms with Crippen LogP contribution < -0.4 is 4.74 Å². The number of methoxy groups -OCH3 is 1. The average molecular weight is 184 g/mol. The Morgan fingerprint density at radius 3 is 2.62 bits per heavy atom. The second-order valence-electron chi connectivity index (χ2n) is 2.87. The third kappa shape index (κ3) is 2.18. The summed E-state index contributed by atoms with van der Waals surface area (Å²) in [5.41, 5.74) is 1.82. The second-order valence-corrected chi connectivity index (χ2v) is 2.87. The number of aryl methyl sites for hydroxylation is 1. The molecule has 0 aromatic heterocycles. The summed E-state index contributed by atoms with van der Waals surface area (Å²) in [7, 11) is 1.50. The maximum absolute atomic E-state index is 13.2. The summed E-state index contributed by atoms with van der Waals surface area (Å²) >= 11 is 0. The molecule has 0 heterocycles. The van der Waals surface area contributed by atoms with Crippen molar-refractivity contribution in [3.63, 3.8) is 0 Å². The molecule has 1 aromatic rings. The van der Waals surface area contributed by atoms with E-state index in [0.29, 0.717) is 0 Å². The van der Waals surface area contributed by atoms with Crippen LogP contribution in [0.5, 0.6) is 5.75 Å². The first-order chi connectivity index (χ1) is 6.16. The smallest absolute Gasteiger partial charge is 0.188 e. The monoisotopic (exact) mass is 184 g/mol. The van der Waals surface area contributed by atoms with Gasteiger partial charge in [0, 0.05) is 7.11 Å². The molecule has 0 bridgehead atoms. The molecule has 0 aliphatic rings. The molecule has 0 atom stereocenters. The Morgan fingerprint density at radius 1 is 1.31 bits per heavy atom. The van der Waals surface area contributed by atoms with Crippen LogP contribution in [0, 0.1) is 19.7 Å². The first-order valence-corrected chi connectivity index (χ1v) is 4.04. The summed E-state index contributed by atoms with van der Waals surface area (Å²) in [6.45, 7) is 3.80. The molecule has 0 N–H and O–H groups in total. The van der Waals surface area contributed by atoms with E-state index in [4.69, 9.17) is 9.47 Å². The Balaban J connectivity index is 2.96. The number of halogens is 1. The SMILES string of the molecule is COCOc1c(F)ccc(C)c1C. The lowest BCUT2D eigenvalue weighted by molar-refractivity contribution is 0.0477. The summed E-state index contributed by atoms with van der Waals surface area (Å²) in [4.78, 5) is 0. The van der Waals surface area contributed by atoms with Gasteiger partial charge in [0.1, 0.15) is 0 Å². The molecule has 1 aromatic carbocycles. The van der Waals surface area contributed by atoms with Crippen LogP contribution >= 0.6 is 0 Å². The molecule has 0 spiro atoms. The molecule has 2 nitrogen and oxygen atoms in total. The normalized spacial score (nSPS) is 10.2. The summed E-state index contributed by atoms with van der Waals surface area (Å²) < 4.78 is 23.0. The molecule has 72 valence electrons. The molecule has 0 aliphatic carbocycles. The first kappa shape index (κ1) is 9.99. The van der Waals surface area contributed by atoms with E-state index in [1.807, 2.05) is 13.8 Å². The van der Waals surface area contributed by atoms with Crippen molar-refractivity contribution in [2.45, 2.75) is 13.8 Å². The van der Waals surface area contributed by atoms with E-state index in [1.165, 1.54) is 13.2 Å². The lowest BCUT2D eigenvalue weighted by atomic mass is 10.1. The molecule has 3 heteroatoms. The van der Waals surface area contributed by atoms with Crippen LogP contribution in [-0.4, -0.2) is 13.9 Å². The number of hydrogen-bond acceptors (Lipinski definition) is 2. The van der Waals surface area contributed by atoms with Gasteiger partial charge in [-0.15, -0.1) is 0 Å². The molecule has 0 aliphatic heterocycles. The molecule has 13 heavy (non-hydrogen) atoms. The highest BCUT2D eigenvalue weighted by Gasteiger charge is 2.08. The van der Waals surface area contributed by atoms with Crippen molar-refractivity contribution in [3.05, 3.63) is 29.1 Å². The molecule has 0 unspecified atom stereocenters. The van der Waals surface area contributed by atoms with Crippen molar-refractivity contribution in [1.82, 2.24) is 0 Å². The minimum Gasteiger partial charge on any atom is -0.464 e. The van der Waals surface area contributed by atoms with Crippen LogP contribution in [-0.2, 0) is 4.74 Å². The Morgan fingerprint density at radius 2 is 2.00 bits per heavy atom. The van der Waals surface area contributed by atoms with Crippen LogP contribution in [0.3, 0.4) is 0 Å². The van der Waals surface area contributed by atoms with E-state index >= 15 is 0 Å². The number of ether oxygens (including phenoxy) is 2. The van der Waals surface area contributed by atoms with Gasteiger partial charge in [0.05, 0.1) is 0 Å². The number of benzene rings is 1. The van der Waals surface area contributed by atoms with E-state index < -0.39 is 0 Å². The van der Waals surface area contributed by atoms with Gasteiger partial charge in [-0.3, -0.25) is 0 Å². The van der Waals surface area contributed by atoms with Gasteiger partial charge in [-0.05, 0) is 31.0 Å². The van der Waals surface area contributed by atoms with Crippen LogP contribution in [0.4, 0.5) is 4.39 Å². The van der Waals surface area contributed by atoms with Crippen molar-refractivity contribution < 1.29 is 13.9 Å². The Kier molecular flexibility index (Phi) is 3.25. The van der Waals surface area contributed by atoms with Gasteiger partial charge in [-0.25, -0.2) is 4.39 Å². The van der Waals surface area contributed by atoms with E-state index in [0.717, 1.165) is 11.1 Å². The maximum atomic E-state index is 13.2. The zero-order chi connectivity index (χ0) is 9.84. The Hall–Kier alpha value is -1.09. The largest absolute Gasteiger partial charge is 0.464 e. The minimum absolute atomic E-state index is 0.0706. The van der Waals surface area contributed by atoms with Crippen LogP contribution in [0.2, 0.25) is 0 Å². The van der Waals surface area contributed by atoms with Crippen LogP contribution in [0.1, 0.15) is 11.1 Å². The van der Waals surface area contributed by atoms with Gasteiger partial charge in [0.25, 0.3) is 0 Å². The molecule has 0 radical (unpaired) electrons. The van der Waals surface area contributed by atoms with Gasteiger partial charge in [-0.1, -0.05) is 6.07 Å². The molecule has 0 fully saturated rings. The van der Waals surface area contributed by atoms with Gasteiger partial charge in [0.15, 0.2) is 18.4 Å². The standard InChI is InChI=1S/C10H13FO2/c1-7-4-5-9(11)10(8(7)2)13-6-12-3/h4-5H,6H2,1-3H3. The first-order valence-electron chi connectivity index (χ1n) is 4.04. The van der Waals surface area contributed by atoms with Crippen molar-refractivity contribution in [2.75, 3.05) is 13.9 Å². The fraction of sp³-hybridized carbons (Fsp3) is 0.400. The highest BCUT2D eigenvalue weighted by Crippen LogP contribution is 2.24. The maximum Gasteiger partial charge on any atom is 0.188 e. The minimum atomic E-state index is -0.347. The van der Waals surface area contributed by atoms with Crippen molar-refractivity contribution in [1.29, 1.82) is 0 Å². The summed E-state index contributed by atoms with van der Waals surface area (Å²) in [5.74, 6) is -0.0676. The van der Waals surface area contributed by atoms with Crippen molar-refractivity contribution >= 4 is 0 Å². The number of hydrogen-bond donors (Lipinski definition) is 0. The van der Waals surface area contributed by atoms with Gasteiger partial charge >= 0.3 is 0 Å². The zero-order valence-electron chi connectivity index (χ0n) is 8.06. The van der Waals surface area contributed by atoms with Gasteiger partial charge < -0.3 is 9.47 Å². The predicted octanol–water partition coefficient (Wildman–Crippen LogP) is 2.43. The Bertz CT molecular complexity index is 297. The molecular weight excluding hydrogens is 171 g/mol. The predicted molar refractivity (Wildman–Crippen MR) is 48.4 cm³/mol. The van der Waals surface area contributed by atoms with Crippen molar-refractivity contribution in [3.8, 4) is 5.75 Å². The molecule has 0 saturated heterocycles. The van der Waals surface area contributed by atoms with Gasteiger partial charge in [0.2, 0.25) is 0 Å². The van der Waals surface area contributed by atoms with E-state index in [2.05, 4.69) is 0 Å². The average Bonchev–Trinajstić information content (AvgIpc) is 2.12. The van der Waals surface area contributed by atoms with Gasteiger partial charge in [-0.2, -0.15) is 0 Å². The molecular formula is C10H13FO2. The van der Waals surface area contributed by atoms with E-state index in [-0.39, 0.29) is 18.4 Å². The molecule has 0 amide bonds. The van der Waals surface area contributed by atoms with Crippen LogP contribution in [0.25, 0.3) is 0 Å². The van der Waals surface area contributed by atoms with Crippen LogP contribution in [0.15, 0.2) is 12.1 Å². The highest BCUT2D eigenvalue weighted by molar-refractivity contribution is 5.39. The highest BCUT2D eigenvalue weighted by atomic mass is 19.1. The number of rotatable bonds is 3.